The van der Waals surface area contributed by atoms with Crippen LogP contribution in [0.1, 0.15) is 55.8 Å². The molecule has 0 aliphatic heterocycles. The molecule has 0 heterocycles. The molecule has 316 valence electrons. The Morgan fingerprint density at radius 1 is 0.540 bits per heavy atom. The zero-order valence-electron chi connectivity index (χ0n) is 34.3. The summed E-state index contributed by atoms with van der Waals surface area (Å²) in [5.41, 5.74) is 2.79. The molecule has 4 nitrogen and oxygen atoms in total. The van der Waals surface area contributed by atoms with Crippen molar-refractivity contribution in [3.05, 3.63) is 232 Å². The first-order valence-electron chi connectivity index (χ1n) is 20.3. The van der Waals surface area contributed by atoms with E-state index in [4.69, 9.17) is 23.2 Å². The number of hydrogen-bond acceptors (Lipinski definition) is 2. The number of benzene rings is 6. The molecule has 6 aromatic carbocycles. The Morgan fingerprint density at radius 2 is 0.921 bits per heavy atom. The van der Waals surface area contributed by atoms with Crippen molar-refractivity contribution in [3.63, 3.8) is 0 Å². The van der Waals surface area contributed by atoms with E-state index in [1.54, 1.807) is 97.1 Å². The van der Waals surface area contributed by atoms with E-state index in [2.05, 4.69) is 0 Å². The van der Waals surface area contributed by atoms with Crippen molar-refractivity contribution in [2.45, 2.75) is 39.8 Å². The van der Waals surface area contributed by atoms with Gasteiger partial charge in [-0.15, -0.1) is 0 Å². The first-order valence-corrected chi connectivity index (χ1v) is 24.2. The summed E-state index contributed by atoms with van der Waals surface area (Å²) in [5.74, 6) is -5.63. The number of carbonyl (C=O) groups excluding carboxylic acids is 2. The van der Waals surface area contributed by atoms with E-state index in [9.17, 15) is 9.59 Å². The molecule has 0 atom stereocenters. The van der Waals surface area contributed by atoms with E-state index < -0.39 is 59.4 Å². The first kappa shape index (κ1) is 43.9. The van der Waals surface area contributed by atoms with Gasteiger partial charge in [-0.2, -0.15) is 0 Å². The Balaban J connectivity index is 1.40. The average Bonchev–Trinajstić information content (AvgIpc) is 4.03. The third-order valence-corrected chi connectivity index (χ3v) is 20.2. The zero-order valence-corrected chi connectivity index (χ0v) is 37.4. The van der Waals surface area contributed by atoms with Gasteiger partial charge in [-0.3, -0.25) is 0 Å². The van der Waals surface area contributed by atoms with E-state index in [0.29, 0.717) is 18.9 Å². The summed E-state index contributed by atoms with van der Waals surface area (Å²) in [4.78, 5) is 31.6. The van der Waals surface area contributed by atoms with Crippen LogP contribution in [0.4, 0.5) is 28.9 Å². The third-order valence-electron chi connectivity index (χ3n) is 11.6. The van der Waals surface area contributed by atoms with Gasteiger partial charge < -0.3 is 0 Å². The minimum absolute atomic E-state index is 0.0800. The number of hydrogen-bond donors (Lipinski definition) is 0. The van der Waals surface area contributed by atoms with Crippen molar-refractivity contribution in [3.8, 4) is 0 Å². The number of aryl methyl sites for hydroxylation is 2. The van der Waals surface area contributed by atoms with Crippen LogP contribution < -0.4 is 17.5 Å². The average molecular weight is 920 g/mol. The number of carbonyl (C=O) groups is 2. The molecule has 0 bridgehead atoms. The maximum atomic E-state index is 18.4. The fraction of sp³-hybridized carbons (Fsp3) is 0.115. The minimum atomic E-state index is -5.54. The molecule has 0 saturated heterocycles. The van der Waals surface area contributed by atoms with Gasteiger partial charge in [0, 0.05) is 0 Å². The molecule has 0 unspecified atom stereocenters. The van der Waals surface area contributed by atoms with Crippen LogP contribution in [0, 0.1) is 37.1 Å². The Labute approximate surface area is 377 Å². The Kier molecular flexibility index (Phi) is 12.9. The van der Waals surface area contributed by atoms with Crippen molar-refractivity contribution in [1.82, 2.24) is 0 Å². The molecule has 0 N–H and O–H groups in total. The van der Waals surface area contributed by atoms with Crippen LogP contribution >= 0.6 is 23.2 Å². The molecule has 8 rings (SSSR count). The van der Waals surface area contributed by atoms with Gasteiger partial charge in [0.2, 0.25) is 0 Å². The number of anilines is 2. The van der Waals surface area contributed by atoms with Gasteiger partial charge in [0.1, 0.15) is 0 Å². The zero-order chi connectivity index (χ0) is 44.4. The second-order valence-electron chi connectivity index (χ2n) is 15.6. The van der Waals surface area contributed by atoms with Crippen molar-refractivity contribution < 1.29 is 43.7 Å². The summed E-state index contributed by atoms with van der Waals surface area (Å²) >= 11 is 7.58. The van der Waals surface area contributed by atoms with Crippen molar-refractivity contribution in [2.75, 3.05) is 9.80 Å². The van der Waals surface area contributed by atoms with E-state index >= 15 is 17.6 Å². The predicted octanol–water partition coefficient (Wildman–Crippen LogP) is 12.7. The van der Waals surface area contributed by atoms with Gasteiger partial charge in [0.05, 0.1) is 0 Å². The fourth-order valence-corrected chi connectivity index (χ4v) is 17.1. The van der Waals surface area contributed by atoms with Crippen LogP contribution in [0.25, 0.3) is 0 Å². The fourth-order valence-electron chi connectivity index (χ4n) is 8.46. The molecule has 0 fully saturated rings. The molecular formula is C52H40Cl2F4N2O2Ti. The molecule has 2 amide bonds. The third kappa shape index (κ3) is 8.41. The molecule has 0 radical (unpaired) electrons. The van der Waals surface area contributed by atoms with Crippen LogP contribution in [0.15, 0.2) is 166 Å². The van der Waals surface area contributed by atoms with E-state index in [1.807, 2.05) is 38.1 Å². The quantitative estimate of drug-likeness (QED) is 0.0906. The second-order valence-corrected chi connectivity index (χ2v) is 22.3. The van der Waals surface area contributed by atoms with Gasteiger partial charge in [-0.05, 0) is 0 Å². The van der Waals surface area contributed by atoms with Crippen LogP contribution in [0.2, 0.25) is 10.0 Å². The monoisotopic (exact) mass is 918 g/mol. The van der Waals surface area contributed by atoms with Gasteiger partial charge in [0.25, 0.3) is 0 Å². The molecule has 6 aromatic rings. The van der Waals surface area contributed by atoms with Gasteiger partial charge in [0.15, 0.2) is 0 Å². The van der Waals surface area contributed by atoms with E-state index in [0.717, 1.165) is 23.3 Å². The van der Waals surface area contributed by atoms with Crippen LogP contribution in [0.5, 0.6) is 0 Å². The topological polar surface area (TPSA) is 40.6 Å². The number of amides is 2. The number of rotatable bonds is 12. The van der Waals surface area contributed by atoms with Crippen LogP contribution in [-0.4, -0.2) is 11.8 Å². The van der Waals surface area contributed by atoms with Crippen molar-refractivity contribution in [2.24, 2.45) is 0 Å². The van der Waals surface area contributed by atoms with Crippen LogP contribution in [0.3, 0.4) is 0 Å². The molecule has 2 aliphatic rings. The van der Waals surface area contributed by atoms with E-state index in [-0.39, 0.29) is 58.5 Å². The Morgan fingerprint density at radius 3 is 1.27 bits per heavy atom. The molecule has 0 spiro atoms. The Bertz CT molecular complexity index is 2700. The predicted molar refractivity (Wildman–Crippen MR) is 242 cm³/mol. The summed E-state index contributed by atoms with van der Waals surface area (Å²) in [6, 6.07) is 31.8. The molecule has 2 aliphatic carbocycles. The number of halogens is 6. The van der Waals surface area contributed by atoms with Gasteiger partial charge in [-0.1, -0.05) is 0 Å². The van der Waals surface area contributed by atoms with Crippen molar-refractivity contribution >= 4 is 54.1 Å². The molecule has 11 heteroatoms. The molecule has 0 saturated carbocycles. The summed E-state index contributed by atoms with van der Waals surface area (Å²) in [6.45, 7) is 3.54. The molecule has 63 heavy (non-hydrogen) atoms. The van der Waals surface area contributed by atoms with Crippen LogP contribution in [-0.2, 0) is 29.7 Å². The maximum absolute atomic E-state index is 18.4. The normalized spacial score (nSPS) is 13.3. The van der Waals surface area contributed by atoms with Gasteiger partial charge >= 0.3 is 380 Å². The SMILES string of the molecule is Cc1ccc(CN(C(=O)c2ccccc2Cl)c2ccc(F)[c]([Ti]([C]3=CC=CC3)([C]3=CC=CC3)[c]3c(F)ccc(N(Cc4ccc(C)cc4)C(=O)c4ccccc4Cl)c3F)c2F)cc1. The van der Waals surface area contributed by atoms with Crippen molar-refractivity contribution in [1.29, 1.82) is 0 Å². The summed E-state index contributed by atoms with van der Waals surface area (Å²) in [7, 11) is 0. The summed E-state index contributed by atoms with van der Waals surface area (Å²) < 4.78 is 71.4. The molecular weight excluding hydrogens is 879 g/mol. The summed E-state index contributed by atoms with van der Waals surface area (Å²) in [6.07, 6.45) is 10.7. The number of nitrogens with zero attached hydrogens (tertiary/aromatic N) is 2. The molecule has 0 aromatic heterocycles. The number of allylic oxidation sites excluding steroid dienone is 8. The Hall–Kier alpha value is -5.77. The van der Waals surface area contributed by atoms with Gasteiger partial charge in [-0.25, -0.2) is 0 Å². The van der Waals surface area contributed by atoms with E-state index in [1.165, 1.54) is 34.1 Å². The standard InChI is InChI=1S/2C21H15ClF2NO.2C5H5.Ti/c2*1-14-6-8-15(9-7-14)13-25(20-11-10-16(23)12-19(20)24)21(26)17-4-2-3-5-18(17)22;2*1-2-4-5-3-1;/h2*2-11H,13H2,1H3;2*1-3H,4H2;. The first-order chi connectivity index (χ1) is 30.4. The summed E-state index contributed by atoms with van der Waals surface area (Å²) in [5, 5.41) is 0.246. The second kappa shape index (κ2) is 18.5.